The minimum absolute atomic E-state index is 0.0131. The zero-order valence-electron chi connectivity index (χ0n) is 10.1. The van der Waals surface area contributed by atoms with E-state index in [2.05, 4.69) is 10.3 Å². The van der Waals surface area contributed by atoms with Gasteiger partial charge >= 0.3 is 0 Å². The molecule has 1 heterocycles. The van der Waals surface area contributed by atoms with Gasteiger partial charge in [0.1, 0.15) is 0 Å². The monoisotopic (exact) mass is 264 g/mol. The Morgan fingerprint density at radius 1 is 1.33 bits per heavy atom. The van der Waals surface area contributed by atoms with Gasteiger partial charge in [-0.15, -0.1) is 0 Å². The van der Waals surface area contributed by atoms with Crippen molar-refractivity contribution in [3.05, 3.63) is 45.2 Å². The molecule has 4 nitrogen and oxygen atoms in total. The highest BCUT2D eigenvalue weighted by molar-refractivity contribution is 6.31. The Labute approximate surface area is 109 Å². The minimum atomic E-state index is -0.321. The van der Waals surface area contributed by atoms with Gasteiger partial charge in [0.25, 0.3) is 5.91 Å². The van der Waals surface area contributed by atoms with Gasteiger partial charge < -0.3 is 10.3 Å². The van der Waals surface area contributed by atoms with E-state index in [0.29, 0.717) is 21.5 Å². The lowest BCUT2D eigenvalue weighted by Gasteiger charge is -2.10. The molecule has 0 saturated heterocycles. The molecule has 1 aromatic carbocycles. The maximum atomic E-state index is 12.0. The van der Waals surface area contributed by atoms with E-state index in [1.54, 1.807) is 18.2 Å². The molecule has 94 valence electrons. The fourth-order valence-electron chi connectivity index (χ4n) is 1.76. The van der Waals surface area contributed by atoms with E-state index in [4.69, 9.17) is 11.6 Å². The van der Waals surface area contributed by atoms with E-state index in [1.165, 1.54) is 6.07 Å². The van der Waals surface area contributed by atoms with Crippen molar-refractivity contribution in [1.29, 1.82) is 0 Å². The summed E-state index contributed by atoms with van der Waals surface area (Å²) in [5.41, 5.74) is 0.599. The van der Waals surface area contributed by atoms with Crippen LogP contribution < -0.4 is 10.9 Å². The first-order valence-electron chi connectivity index (χ1n) is 5.61. The number of amides is 1. The van der Waals surface area contributed by atoms with Crippen molar-refractivity contribution in [2.45, 2.75) is 19.9 Å². The van der Waals surface area contributed by atoms with Crippen LogP contribution in [0.4, 0.5) is 0 Å². The number of aromatic nitrogens is 1. The summed E-state index contributed by atoms with van der Waals surface area (Å²) in [4.78, 5) is 26.2. The van der Waals surface area contributed by atoms with Gasteiger partial charge in [-0.1, -0.05) is 17.7 Å². The van der Waals surface area contributed by atoms with Gasteiger partial charge in [-0.25, -0.2) is 0 Å². The number of hydrogen-bond acceptors (Lipinski definition) is 2. The molecule has 0 saturated carbocycles. The molecule has 5 heteroatoms. The Morgan fingerprint density at radius 3 is 2.72 bits per heavy atom. The number of fused-ring (bicyclic) bond motifs is 1. The third-order valence-electron chi connectivity index (χ3n) is 2.47. The van der Waals surface area contributed by atoms with Gasteiger partial charge in [0.2, 0.25) is 5.56 Å². The average Bonchev–Trinajstić information content (AvgIpc) is 2.26. The summed E-state index contributed by atoms with van der Waals surface area (Å²) in [6, 6.07) is 6.36. The second-order valence-electron chi connectivity index (χ2n) is 4.37. The number of benzene rings is 1. The van der Waals surface area contributed by atoms with Crippen LogP contribution in [-0.2, 0) is 0 Å². The molecule has 0 unspecified atom stereocenters. The summed E-state index contributed by atoms with van der Waals surface area (Å²) in [7, 11) is 0. The number of H-pyrrole nitrogens is 1. The Morgan fingerprint density at radius 2 is 2.06 bits per heavy atom. The topological polar surface area (TPSA) is 62.0 Å². The van der Waals surface area contributed by atoms with Gasteiger partial charge in [0.05, 0.1) is 11.1 Å². The molecule has 1 aromatic heterocycles. The van der Waals surface area contributed by atoms with E-state index in [-0.39, 0.29) is 17.5 Å². The Bertz CT molecular complexity index is 662. The van der Waals surface area contributed by atoms with E-state index in [9.17, 15) is 9.59 Å². The normalized spacial score (nSPS) is 10.9. The fraction of sp³-hybridized carbons (Fsp3) is 0.231. The zero-order chi connectivity index (χ0) is 13.3. The van der Waals surface area contributed by atoms with Crippen LogP contribution in [0.25, 0.3) is 10.9 Å². The summed E-state index contributed by atoms with van der Waals surface area (Å²) >= 11 is 5.86. The molecule has 2 rings (SSSR count). The van der Waals surface area contributed by atoms with Gasteiger partial charge in [0.15, 0.2) is 0 Å². The molecular formula is C13H13ClN2O2. The molecule has 0 fully saturated rings. The lowest BCUT2D eigenvalue weighted by molar-refractivity contribution is 0.0944. The van der Waals surface area contributed by atoms with Crippen LogP contribution >= 0.6 is 11.6 Å². The number of halogens is 1. The number of hydrogen-bond donors (Lipinski definition) is 2. The third kappa shape index (κ3) is 2.54. The van der Waals surface area contributed by atoms with E-state index in [0.717, 1.165) is 0 Å². The van der Waals surface area contributed by atoms with Crippen LogP contribution in [0.3, 0.4) is 0 Å². The fourth-order valence-corrected chi connectivity index (χ4v) is 1.93. The third-order valence-corrected chi connectivity index (χ3v) is 2.70. The second-order valence-corrected chi connectivity index (χ2v) is 4.80. The van der Waals surface area contributed by atoms with Gasteiger partial charge in [-0.2, -0.15) is 0 Å². The molecule has 2 aromatic rings. The van der Waals surface area contributed by atoms with E-state index in [1.807, 2.05) is 13.8 Å². The molecule has 0 aliphatic rings. The van der Waals surface area contributed by atoms with E-state index >= 15 is 0 Å². The predicted molar refractivity (Wildman–Crippen MR) is 72.2 cm³/mol. The lowest BCUT2D eigenvalue weighted by atomic mass is 10.1. The first-order valence-corrected chi connectivity index (χ1v) is 5.98. The van der Waals surface area contributed by atoms with Crippen LogP contribution in [0, 0.1) is 0 Å². The number of carbonyl (C=O) groups is 1. The van der Waals surface area contributed by atoms with Crippen molar-refractivity contribution in [3.8, 4) is 0 Å². The number of nitrogens with one attached hydrogen (secondary N) is 2. The van der Waals surface area contributed by atoms with Crippen LogP contribution in [-0.4, -0.2) is 16.9 Å². The summed E-state index contributed by atoms with van der Waals surface area (Å²) in [5, 5.41) is 3.96. The molecule has 0 aliphatic heterocycles. The molecule has 2 N–H and O–H groups in total. The highest BCUT2D eigenvalue weighted by Gasteiger charge is 2.12. The molecule has 0 bridgehead atoms. The van der Waals surface area contributed by atoms with Gasteiger partial charge in [-0.3, -0.25) is 9.59 Å². The van der Waals surface area contributed by atoms with Crippen molar-refractivity contribution in [1.82, 2.24) is 10.3 Å². The SMILES string of the molecule is CC(C)NC(=O)c1cc(=O)[nH]c2cc(Cl)ccc12. The van der Waals surface area contributed by atoms with Crippen LogP contribution in [0.1, 0.15) is 24.2 Å². The summed E-state index contributed by atoms with van der Waals surface area (Å²) in [6.45, 7) is 3.73. The number of rotatable bonds is 2. The molecule has 0 radical (unpaired) electrons. The summed E-state index contributed by atoms with van der Waals surface area (Å²) in [6.07, 6.45) is 0. The smallest absolute Gasteiger partial charge is 0.252 e. The maximum Gasteiger partial charge on any atom is 0.252 e. The van der Waals surface area contributed by atoms with Crippen LogP contribution in [0.2, 0.25) is 5.02 Å². The van der Waals surface area contributed by atoms with E-state index < -0.39 is 0 Å². The Hall–Kier alpha value is -1.81. The van der Waals surface area contributed by atoms with Crippen molar-refractivity contribution < 1.29 is 4.79 Å². The number of pyridine rings is 1. The molecule has 0 atom stereocenters. The first kappa shape index (κ1) is 12.6. The minimum Gasteiger partial charge on any atom is -0.350 e. The van der Waals surface area contributed by atoms with Gasteiger partial charge in [-0.05, 0) is 26.0 Å². The standard InChI is InChI=1S/C13H13ClN2O2/c1-7(2)15-13(18)10-6-12(17)16-11-5-8(14)3-4-9(10)11/h3-7H,1-2H3,(H,15,18)(H,16,17). The summed E-state index contributed by atoms with van der Waals surface area (Å²) < 4.78 is 0. The van der Waals surface area contributed by atoms with Crippen LogP contribution in [0.15, 0.2) is 29.1 Å². The predicted octanol–water partition coefficient (Wildman–Crippen LogP) is 2.32. The lowest BCUT2D eigenvalue weighted by Crippen LogP contribution is -2.31. The van der Waals surface area contributed by atoms with Gasteiger partial charge in [0, 0.05) is 22.5 Å². The molecular weight excluding hydrogens is 252 g/mol. The highest BCUT2D eigenvalue weighted by Crippen LogP contribution is 2.19. The number of aromatic amines is 1. The molecule has 1 amide bonds. The zero-order valence-corrected chi connectivity index (χ0v) is 10.8. The number of carbonyl (C=O) groups excluding carboxylic acids is 1. The quantitative estimate of drug-likeness (QED) is 0.874. The largest absolute Gasteiger partial charge is 0.350 e. The first-order chi connectivity index (χ1) is 8.47. The van der Waals surface area contributed by atoms with Crippen molar-refractivity contribution in [2.75, 3.05) is 0 Å². The molecule has 0 aliphatic carbocycles. The van der Waals surface area contributed by atoms with Crippen molar-refractivity contribution in [2.24, 2.45) is 0 Å². The maximum absolute atomic E-state index is 12.0. The van der Waals surface area contributed by atoms with Crippen molar-refractivity contribution in [3.63, 3.8) is 0 Å². The Balaban J connectivity index is 2.63. The van der Waals surface area contributed by atoms with Crippen LogP contribution in [0.5, 0.6) is 0 Å². The second kappa shape index (κ2) is 4.82. The summed E-state index contributed by atoms with van der Waals surface area (Å²) in [5.74, 6) is -0.261. The Kier molecular flexibility index (Phi) is 3.39. The van der Waals surface area contributed by atoms with Crippen molar-refractivity contribution >= 4 is 28.4 Å². The molecule has 18 heavy (non-hydrogen) atoms. The molecule has 0 spiro atoms. The average molecular weight is 265 g/mol. The highest BCUT2D eigenvalue weighted by atomic mass is 35.5.